The van der Waals surface area contributed by atoms with Gasteiger partial charge in [-0.1, -0.05) is 18.2 Å². The van der Waals surface area contributed by atoms with E-state index in [0.29, 0.717) is 17.1 Å². The number of hydrogen-bond donors (Lipinski definition) is 1. The summed E-state index contributed by atoms with van der Waals surface area (Å²) in [4.78, 5) is 42.4. The van der Waals surface area contributed by atoms with E-state index in [1.807, 2.05) is 6.07 Å². The van der Waals surface area contributed by atoms with E-state index in [4.69, 9.17) is 24.3 Å². The van der Waals surface area contributed by atoms with Crippen molar-refractivity contribution >= 4 is 5.97 Å². The fraction of sp³-hybridized carbons (Fsp3) is 0.217. The van der Waals surface area contributed by atoms with Crippen LogP contribution in [0, 0.1) is 11.3 Å². The van der Waals surface area contributed by atoms with Crippen molar-refractivity contribution in [3.63, 3.8) is 0 Å². The molecule has 0 saturated heterocycles. The largest absolute Gasteiger partial charge is 0.463 e. The second kappa shape index (κ2) is 11.3. The van der Waals surface area contributed by atoms with Crippen LogP contribution >= 0.6 is 0 Å². The second-order valence-electron chi connectivity index (χ2n) is 6.80. The van der Waals surface area contributed by atoms with Crippen LogP contribution in [-0.2, 0) is 20.7 Å². The minimum atomic E-state index is -0.748. The molecule has 3 aromatic rings. The van der Waals surface area contributed by atoms with E-state index in [0.717, 1.165) is 10.3 Å². The fourth-order valence-electron chi connectivity index (χ4n) is 2.81. The topological polar surface area (TPSA) is 133 Å². The molecule has 1 heterocycles. The highest BCUT2D eigenvalue weighted by atomic mass is 16.8. The van der Waals surface area contributed by atoms with Crippen molar-refractivity contribution in [2.75, 3.05) is 20.0 Å². The van der Waals surface area contributed by atoms with Crippen LogP contribution in [0.2, 0.25) is 0 Å². The molecule has 0 aliphatic heterocycles. The highest BCUT2D eigenvalue weighted by Gasteiger charge is 2.08. The monoisotopic (exact) mass is 451 g/mol. The number of ether oxygens (including phenoxy) is 3. The summed E-state index contributed by atoms with van der Waals surface area (Å²) in [5.74, 6) is 0.621. The van der Waals surface area contributed by atoms with Gasteiger partial charge in [-0.25, -0.2) is 4.79 Å². The molecule has 1 N–H and O–H groups in total. The van der Waals surface area contributed by atoms with Crippen molar-refractivity contribution < 1.29 is 23.8 Å². The lowest BCUT2D eigenvalue weighted by atomic mass is 10.1. The van der Waals surface area contributed by atoms with E-state index in [1.165, 1.54) is 13.1 Å². The molecule has 0 aliphatic rings. The van der Waals surface area contributed by atoms with Crippen LogP contribution in [0.5, 0.6) is 11.5 Å². The molecule has 170 valence electrons. The average Bonchev–Trinajstić information content (AvgIpc) is 2.79. The molecule has 0 amide bonds. The van der Waals surface area contributed by atoms with Crippen LogP contribution in [-0.4, -0.2) is 35.7 Å². The van der Waals surface area contributed by atoms with Gasteiger partial charge in [0, 0.05) is 18.9 Å². The second-order valence-corrected chi connectivity index (χ2v) is 6.80. The Morgan fingerprint density at radius 3 is 2.61 bits per heavy atom. The van der Waals surface area contributed by atoms with Crippen LogP contribution < -0.4 is 20.8 Å². The third-order valence-corrected chi connectivity index (χ3v) is 4.29. The van der Waals surface area contributed by atoms with Gasteiger partial charge in [-0.3, -0.25) is 14.6 Å². The fourth-order valence-corrected chi connectivity index (χ4v) is 2.81. The van der Waals surface area contributed by atoms with Gasteiger partial charge in [0.2, 0.25) is 6.79 Å². The standard InChI is InChI=1S/C23H21N3O7/c1-16(27)31-9-8-30-15-32-26-14-19(22(28)25-23(26)29)10-17-4-2-6-20(11-17)33-21-7-3-5-18(12-21)13-24/h2-7,11-12,14H,8-10,15H2,1H3,(H,25,28,29). The minimum Gasteiger partial charge on any atom is -0.463 e. The van der Waals surface area contributed by atoms with E-state index in [9.17, 15) is 14.4 Å². The van der Waals surface area contributed by atoms with Gasteiger partial charge in [-0.05, 0) is 35.9 Å². The molecule has 0 atom stereocenters. The number of rotatable bonds is 10. The minimum absolute atomic E-state index is 0.0592. The van der Waals surface area contributed by atoms with Gasteiger partial charge in [-0.15, -0.1) is 4.73 Å². The van der Waals surface area contributed by atoms with E-state index in [-0.39, 0.29) is 32.0 Å². The number of esters is 1. The molecule has 2 aromatic carbocycles. The Bertz CT molecular complexity index is 1270. The number of nitriles is 1. The SMILES string of the molecule is CC(=O)OCCOCOn1cc(Cc2cccc(Oc3cccc(C#N)c3)c2)c(=O)[nH]c1=O. The number of aromatic amines is 1. The summed E-state index contributed by atoms with van der Waals surface area (Å²) in [5, 5.41) is 9.02. The summed E-state index contributed by atoms with van der Waals surface area (Å²) in [5.41, 5.74) is 0.244. The smallest absolute Gasteiger partial charge is 0.361 e. The van der Waals surface area contributed by atoms with Crippen LogP contribution in [0.4, 0.5) is 0 Å². The van der Waals surface area contributed by atoms with E-state index in [2.05, 4.69) is 11.1 Å². The van der Waals surface area contributed by atoms with Gasteiger partial charge in [0.1, 0.15) is 18.1 Å². The molecule has 10 nitrogen and oxygen atoms in total. The molecule has 0 aliphatic carbocycles. The summed E-state index contributed by atoms with van der Waals surface area (Å²) >= 11 is 0. The Hall–Kier alpha value is -4.36. The lowest BCUT2D eigenvalue weighted by Gasteiger charge is -2.11. The molecule has 0 fully saturated rings. The van der Waals surface area contributed by atoms with E-state index >= 15 is 0 Å². The zero-order valence-corrected chi connectivity index (χ0v) is 17.8. The number of nitrogens with zero attached hydrogens (tertiary/aromatic N) is 2. The Morgan fingerprint density at radius 1 is 1.09 bits per heavy atom. The molecule has 0 unspecified atom stereocenters. The Labute approximate surface area is 188 Å². The van der Waals surface area contributed by atoms with Gasteiger partial charge in [0.15, 0.2) is 0 Å². The normalized spacial score (nSPS) is 10.3. The number of carbonyl (C=O) groups is 1. The summed E-state index contributed by atoms with van der Waals surface area (Å²) in [7, 11) is 0. The van der Waals surface area contributed by atoms with Crippen LogP contribution in [0.25, 0.3) is 0 Å². The molecule has 33 heavy (non-hydrogen) atoms. The third-order valence-electron chi connectivity index (χ3n) is 4.29. The molecule has 0 saturated carbocycles. The van der Waals surface area contributed by atoms with Gasteiger partial charge in [-0.2, -0.15) is 5.26 Å². The Morgan fingerprint density at radius 2 is 1.85 bits per heavy atom. The van der Waals surface area contributed by atoms with Gasteiger partial charge in [0.05, 0.1) is 24.4 Å². The van der Waals surface area contributed by atoms with Crippen molar-refractivity contribution in [2.24, 2.45) is 0 Å². The van der Waals surface area contributed by atoms with Crippen molar-refractivity contribution in [1.29, 1.82) is 5.26 Å². The van der Waals surface area contributed by atoms with E-state index in [1.54, 1.807) is 42.5 Å². The van der Waals surface area contributed by atoms with Crippen LogP contribution in [0.1, 0.15) is 23.6 Å². The number of benzene rings is 2. The molecule has 1 aromatic heterocycles. The maximum absolute atomic E-state index is 12.3. The van der Waals surface area contributed by atoms with Crippen molar-refractivity contribution in [3.05, 3.63) is 92.3 Å². The van der Waals surface area contributed by atoms with Gasteiger partial charge < -0.3 is 19.0 Å². The third kappa shape index (κ3) is 7.09. The zero-order valence-electron chi connectivity index (χ0n) is 17.8. The molecular weight excluding hydrogens is 430 g/mol. The van der Waals surface area contributed by atoms with E-state index < -0.39 is 17.2 Å². The first kappa shape index (κ1) is 23.3. The number of H-pyrrole nitrogens is 1. The van der Waals surface area contributed by atoms with Crippen molar-refractivity contribution in [2.45, 2.75) is 13.3 Å². The first-order chi connectivity index (χ1) is 15.9. The Balaban J connectivity index is 1.66. The number of aromatic nitrogens is 2. The summed E-state index contributed by atoms with van der Waals surface area (Å²) < 4.78 is 16.5. The molecule has 0 radical (unpaired) electrons. The number of carbonyl (C=O) groups excluding carboxylic acids is 1. The molecule has 3 rings (SSSR count). The maximum atomic E-state index is 12.3. The highest BCUT2D eigenvalue weighted by molar-refractivity contribution is 5.65. The quantitative estimate of drug-likeness (QED) is 0.280. The molecule has 10 heteroatoms. The van der Waals surface area contributed by atoms with Crippen molar-refractivity contribution in [3.8, 4) is 17.6 Å². The molecule has 0 bridgehead atoms. The maximum Gasteiger partial charge on any atom is 0.361 e. The molecule has 0 spiro atoms. The summed E-state index contributed by atoms with van der Waals surface area (Å²) in [6.45, 7) is 1.15. The predicted octanol–water partition coefficient (Wildman–Crippen LogP) is 1.76. The van der Waals surface area contributed by atoms with Gasteiger partial charge in [0.25, 0.3) is 5.56 Å². The predicted molar refractivity (Wildman–Crippen MR) is 116 cm³/mol. The van der Waals surface area contributed by atoms with Crippen LogP contribution in [0.15, 0.2) is 64.3 Å². The van der Waals surface area contributed by atoms with Crippen LogP contribution in [0.3, 0.4) is 0 Å². The Kier molecular flexibility index (Phi) is 7.99. The zero-order chi connectivity index (χ0) is 23.6. The highest BCUT2D eigenvalue weighted by Crippen LogP contribution is 2.23. The molecular formula is C23H21N3O7. The van der Waals surface area contributed by atoms with Crippen molar-refractivity contribution in [1.82, 2.24) is 9.71 Å². The summed E-state index contributed by atoms with van der Waals surface area (Å²) in [6, 6.07) is 15.9. The van der Waals surface area contributed by atoms with Gasteiger partial charge >= 0.3 is 11.7 Å². The lowest BCUT2D eigenvalue weighted by molar-refractivity contribution is -0.144. The average molecular weight is 451 g/mol. The first-order valence-electron chi connectivity index (χ1n) is 9.91. The first-order valence-corrected chi connectivity index (χ1v) is 9.91. The summed E-state index contributed by atoms with van der Waals surface area (Å²) in [6.07, 6.45) is 1.50. The number of nitrogens with one attached hydrogen (secondary N) is 1. The lowest BCUT2D eigenvalue weighted by Crippen LogP contribution is -2.36. The number of hydrogen-bond acceptors (Lipinski definition) is 8.